The molecule has 32 heavy (non-hydrogen) atoms. The number of ether oxygens (including phenoxy) is 1. The number of unbranched alkanes of at least 4 members (excludes halogenated alkanes) is 17. The fourth-order valence-corrected chi connectivity index (χ4v) is 3.49. The highest BCUT2D eigenvalue weighted by Gasteiger charge is 2.07. The number of esters is 1. The first-order valence-corrected chi connectivity index (χ1v) is 13.7. The minimum atomic E-state index is -0.953. The van der Waals surface area contributed by atoms with Crippen LogP contribution in [0.25, 0.3) is 0 Å². The van der Waals surface area contributed by atoms with Crippen molar-refractivity contribution in [1.82, 2.24) is 0 Å². The summed E-state index contributed by atoms with van der Waals surface area (Å²) < 4.78 is 4.85. The summed E-state index contributed by atoms with van der Waals surface area (Å²) in [6.45, 7) is 4.36. The quantitative estimate of drug-likeness (QED) is 0.117. The van der Waals surface area contributed by atoms with E-state index in [-0.39, 0.29) is 19.2 Å². The lowest BCUT2D eigenvalue weighted by molar-refractivity contribution is -0.147. The lowest BCUT2D eigenvalue weighted by atomic mass is 10.0. The van der Waals surface area contributed by atoms with Crippen LogP contribution in [0.4, 0.5) is 0 Å². The summed E-state index contributed by atoms with van der Waals surface area (Å²) in [7, 11) is 0. The summed E-state index contributed by atoms with van der Waals surface area (Å²) in [6.07, 6.45) is 23.6. The molecule has 0 bridgehead atoms. The third-order valence-electron chi connectivity index (χ3n) is 5.64. The maximum atomic E-state index is 11.3. The molecule has 0 amide bonds. The molecule has 0 rings (SSSR count). The van der Waals surface area contributed by atoms with E-state index in [4.69, 9.17) is 20.1 Å². The Hall–Kier alpha value is -0.650. The Labute approximate surface area is 199 Å². The van der Waals surface area contributed by atoms with Crippen molar-refractivity contribution in [2.45, 2.75) is 148 Å². The zero-order valence-corrected chi connectivity index (χ0v) is 21.5. The molecule has 0 aromatic rings. The van der Waals surface area contributed by atoms with Crippen molar-refractivity contribution in [3.8, 4) is 0 Å². The second-order valence-electron chi connectivity index (χ2n) is 9.00. The van der Waals surface area contributed by atoms with Crippen molar-refractivity contribution in [2.75, 3.05) is 19.8 Å². The fraction of sp³-hybridized carbons (Fsp3) is 0.963. The van der Waals surface area contributed by atoms with Crippen LogP contribution in [0.2, 0.25) is 0 Å². The summed E-state index contributed by atoms with van der Waals surface area (Å²) in [5, 5.41) is 26.1. The number of carbonyl (C=O) groups is 1. The number of rotatable bonds is 23. The van der Waals surface area contributed by atoms with Gasteiger partial charge in [-0.15, -0.1) is 0 Å². The number of carbonyl (C=O) groups excluding carboxylic acids is 1. The Kier molecular flexibility index (Phi) is 31.8. The van der Waals surface area contributed by atoms with Gasteiger partial charge in [-0.25, -0.2) is 0 Å². The highest BCUT2D eigenvalue weighted by atomic mass is 16.5. The van der Waals surface area contributed by atoms with Gasteiger partial charge in [0.15, 0.2) is 0 Å². The van der Waals surface area contributed by atoms with Crippen LogP contribution in [0.1, 0.15) is 142 Å². The molecule has 0 spiro atoms. The number of hydrogen-bond donors (Lipinski definition) is 3. The van der Waals surface area contributed by atoms with Crippen molar-refractivity contribution in [3.05, 3.63) is 0 Å². The molecule has 0 radical (unpaired) electrons. The third kappa shape index (κ3) is 31.5. The van der Waals surface area contributed by atoms with Crippen LogP contribution in [-0.4, -0.2) is 47.2 Å². The Morgan fingerprint density at radius 3 is 1.38 bits per heavy atom. The van der Waals surface area contributed by atoms with E-state index in [1.54, 1.807) is 0 Å². The Morgan fingerprint density at radius 2 is 1.00 bits per heavy atom. The molecule has 0 aliphatic rings. The number of hydrogen-bond acceptors (Lipinski definition) is 5. The van der Waals surface area contributed by atoms with E-state index >= 15 is 0 Å². The van der Waals surface area contributed by atoms with Gasteiger partial charge in [0.05, 0.1) is 6.61 Å². The topological polar surface area (TPSA) is 87.0 Å². The lowest BCUT2D eigenvalue weighted by Crippen LogP contribution is -2.21. The second-order valence-corrected chi connectivity index (χ2v) is 9.00. The smallest absolute Gasteiger partial charge is 0.305 e. The SMILES string of the molecule is CCCCCCCCCCCCCCCC(=O)OCC(O)CO.CCCCCCCCO. The molecular weight excluding hydrogens is 404 g/mol. The first-order chi connectivity index (χ1) is 15.6. The summed E-state index contributed by atoms with van der Waals surface area (Å²) >= 11 is 0. The van der Waals surface area contributed by atoms with Gasteiger partial charge in [-0.3, -0.25) is 4.79 Å². The van der Waals surface area contributed by atoms with Crippen LogP contribution in [-0.2, 0) is 9.53 Å². The summed E-state index contributed by atoms with van der Waals surface area (Å²) in [6, 6.07) is 0. The molecule has 1 atom stereocenters. The molecule has 0 aromatic heterocycles. The molecule has 0 aliphatic carbocycles. The molecular formula is C27H56O5. The molecule has 194 valence electrons. The van der Waals surface area contributed by atoms with Gasteiger partial charge in [0.2, 0.25) is 0 Å². The minimum Gasteiger partial charge on any atom is -0.463 e. The molecule has 0 saturated carbocycles. The van der Waals surface area contributed by atoms with Crippen LogP contribution in [0.5, 0.6) is 0 Å². The molecule has 1 unspecified atom stereocenters. The van der Waals surface area contributed by atoms with Crippen LogP contribution in [0, 0.1) is 0 Å². The van der Waals surface area contributed by atoms with Crippen molar-refractivity contribution >= 4 is 5.97 Å². The normalized spacial score (nSPS) is 11.7. The fourth-order valence-electron chi connectivity index (χ4n) is 3.49. The van der Waals surface area contributed by atoms with Crippen molar-refractivity contribution < 1.29 is 24.9 Å². The Balaban J connectivity index is 0. The molecule has 0 aliphatic heterocycles. The van der Waals surface area contributed by atoms with Crippen LogP contribution >= 0.6 is 0 Å². The average Bonchev–Trinajstić information content (AvgIpc) is 2.80. The van der Waals surface area contributed by atoms with Gasteiger partial charge in [0.1, 0.15) is 12.7 Å². The maximum Gasteiger partial charge on any atom is 0.305 e. The van der Waals surface area contributed by atoms with Crippen molar-refractivity contribution in [1.29, 1.82) is 0 Å². The van der Waals surface area contributed by atoms with E-state index in [9.17, 15) is 4.79 Å². The van der Waals surface area contributed by atoms with Gasteiger partial charge in [-0.05, 0) is 12.8 Å². The Bertz CT molecular complexity index is 343. The lowest BCUT2D eigenvalue weighted by Gasteiger charge is -2.08. The zero-order chi connectivity index (χ0) is 24.1. The minimum absolute atomic E-state index is 0.103. The molecule has 3 N–H and O–H groups in total. The summed E-state index contributed by atoms with van der Waals surface area (Å²) in [5.41, 5.74) is 0. The number of aliphatic hydroxyl groups is 3. The standard InChI is InChI=1S/C19H38O4.C8H18O/c1-2-3-4-5-6-7-8-9-10-11-12-13-14-15-19(22)23-17-18(21)16-20;1-2-3-4-5-6-7-8-9/h18,20-21H,2-17H2,1H3;9H,2-8H2,1H3. The highest BCUT2D eigenvalue weighted by Crippen LogP contribution is 2.13. The zero-order valence-electron chi connectivity index (χ0n) is 21.5. The summed E-state index contributed by atoms with van der Waals surface area (Å²) in [5.74, 6) is -0.277. The van der Waals surface area contributed by atoms with Gasteiger partial charge in [-0.2, -0.15) is 0 Å². The van der Waals surface area contributed by atoms with E-state index in [0.29, 0.717) is 13.0 Å². The van der Waals surface area contributed by atoms with E-state index in [2.05, 4.69) is 13.8 Å². The van der Waals surface area contributed by atoms with E-state index < -0.39 is 6.10 Å². The van der Waals surface area contributed by atoms with Gasteiger partial charge < -0.3 is 20.1 Å². The van der Waals surface area contributed by atoms with Gasteiger partial charge >= 0.3 is 5.97 Å². The molecule has 0 fully saturated rings. The van der Waals surface area contributed by atoms with Gasteiger partial charge in [0.25, 0.3) is 0 Å². The van der Waals surface area contributed by atoms with Gasteiger partial charge in [0, 0.05) is 13.0 Å². The van der Waals surface area contributed by atoms with Crippen molar-refractivity contribution in [3.63, 3.8) is 0 Å². The first-order valence-electron chi connectivity index (χ1n) is 13.7. The van der Waals surface area contributed by atoms with Crippen LogP contribution in [0.15, 0.2) is 0 Å². The number of aliphatic hydroxyl groups excluding tert-OH is 3. The first kappa shape index (κ1) is 33.5. The summed E-state index contributed by atoms with van der Waals surface area (Å²) in [4.78, 5) is 11.3. The second kappa shape index (κ2) is 30.4. The Morgan fingerprint density at radius 1 is 0.625 bits per heavy atom. The predicted octanol–water partition coefficient (Wildman–Crippen LogP) is 6.70. The molecule has 0 heterocycles. The molecule has 0 aromatic carbocycles. The van der Waals surface area contributed by atoms with E-state index in [1.165, 1.54) is 103 Å². The monoisotopic (exact) mass is 460 g/mol. The molecule has 5 nitrogen and oxygen atoms in total. The average molecular weight is 461 g/mol. The van der Waals surface area contributed by atoms with E-state index in [1.807, 2.05) is 0 Å². The van der Waals surface area contributed by atoms with Crippen molar-refractivity contribution in [2.24, 2.45) is 0 Å². The highest BCUT2D eigenvalue weighted by molar-refractivity contribution is 5.69. The van der Waals surface area contributed by atoms with Gasteiger partial charge in [-0.1, -0.05) is 123 Å². The third-order valence-corrected chi connectivity index (χ3v) is 5.64. The molecule has 5 heteroatoms. The van der Waals surface area contributed by atoms with Crippen LogP contribution < -0.4 is 0 Å². The predicted molar refractivity (Wildman–Crippen MR) is 135 cm³/mol. The largest absolute Gasteiger partial charge is 0.463 e. The van der Waals surface area contributed by atoms with Crippen LogP contribution in [0.3, 0.4) is 0 Å². The molecule has 0 saturated heterocycles. The maximum absolute atomic E-state index is 11.3. The van der Waals surface area contributed by atoms with E-state index in [0.717, 1.165) is 19.3 Å².